The number of hydrogen-bond donors (Lipinski definition) is 1. The van der Waals surface area contributed by atoms with Gasteiger partial charge in [-0.1, -0.05) is 19.8 Å². The second kappa shape index (κ2) is 8.62. The Morgan fingerprint density at radius 3 is 2.73 bits per heavy atom. The van der Waals surface area contributed by atoms with E-state index in [4.69, 9.17) is 4.74 Å². The predicted molar refractivity (Wildman–Crippen MR) is 101 cm³/mol. The average Bonchev–Trinajstić information content (AvgIpc) is 3.04. The van der Waals surface area contributed by atoms with Gasteiger partial charge in [0.2, 0.25) is 0 Å². The molecule has 0 radical (unpaired) electrons. The number of nitrogens with one attached hydrogen (secondary N) is 1. The molecule has 0 saturated heterocycles. The van der Waals surface area contributed by atoms with Crippen LogP contribution < -0.4 is 5.32 Å². The normalized spacial score (nSPS) is 20.4. The number of ether oxygens (including phenoxy) is 1. The number of aromatic nitrogens is 3. The zero-order valence-electron chi connectivity index (χ0n) is 16.1. The van der Waals surface area contributed by atoms with Crippen molar-refractivity contribution in [3.8, 4) is 0 Å². The third-order valence-electron chi connectivity index (χ3n) is 5.15. The summed E-state index contributed by atoms with van der Waals surface area (Å²) in [6, 6.07) is 2.05. The molecule has 0 aromatic carbocycles. The van der Waals surface area contributed by atoms with Gasteiger partial charge < -0.3 is 10.1 Å². The Bertz CT molecular complexity index is 748. The van der Waals surface area contributed by atoms with Gasteiger partial charge in [0.05, 0.1) is 11.7 Å². The minimum Gasteiger partial charge on any atom is -0.378 e. The number of aryl methyl sites for hydroxylation is 2. The molecule has 0 aliphatic heterocycles. The van der Waals surface area contributed by atoms with E-state index in [-0.39, 0.29) is 11.9 Å². The molecule has 0 unspecified atom stereocenters. The summed E-state index contributed by atoms with van der Waals surface area (Å²) in [4.78, 5) is 21.5. The van der Waals surface area contributed by atoms with Crippen LogP contribution in [0.3, 0.4) is 0 Å². The Morgan fingerprint density at radius 1 is 1.23 bits per heavy atom. The predicted octanol–water partition coefficient (Wildman–Crippen LogP) is 3.59. The smallest absolute Gasteiger partial charge is 0.255 e. The standard InChI is InChI=1S/C20H30N4O2/c1-4-5-6-13-26-17-9-7-16(8-10-17)23-20(25)18-11-12-24-15(3)21-14(2)22-19(18)24/h11-12,16-17H,4-10,13H2,1-3H3,(H,23,25)/t16-,17-. The average molecular weight is 358 g/mol. The lowest BCUT2D eigenvalue weighted by Crippen LogP contribution is -2.39. The van der Waals surface area contributed by atoms with Crippen molar-refractivity contribution in [2.24, 2.45) is 0 Å². The van der Waals surface area contributed by atoms with Crippen molar-refractivity contribution in [2.45, 2.75) is 77.9 Å². The van der Waals surface area contributed by atoms with Gasteiger partial charge in [-0.2, -0.15) is 0 Å². The highest BCUT2D eigenvalue weighted by Crippen LogP contribution is 2.22. The second-order valence-corrected chi connectivity index (χ2v) is 7.27. The first-order chi connectivity index (χ1) is 12.6. The van der Waals surface area contributed by atoms with Gasteiger partial charge in [-0.05, 0) is 52.0 Å². The van der Waals surface area contributed by atoms with E-state index in [2.05, 4.69) is 22.2 Å². The molecule has 0 atom stereocenters. The van der Waals surface area contributed by atoms with Crippen molar-refractivity contribution in [1.82, 2.24) is 19.7 Å². The molecule has 2 heterocycles. The minimum absolute atomic E-state index is 0.0442. The Labute approximate surface area is 155 Å². The summed E-state index contributed by atoms with van der Waals surface area (Å²) in [5.74, 6) is 1.48. The third-order valence-corrected chi connectivity index (χ3v) is 5.15. The van der Waals surface area contributed by atoms with Crippen molar-refractivity contribution in [3.05, 3.63) is 29.5 Å². The highest BCUT2D eigenvalue weighted by Gasteiger charge is 2.24. The molecule has 1 saturated carbocycles. The fourth-order valence-corrected chi connectivity index (χ4v) is 3.68. The van der Waals surface area contributed by atoms with Crippen LogP contribution in [0.2, 0.25) is 0 Å². The molecule has 6 nitrogen and oxygen atoms in total. The lowest BCUT2D eigenvalue weighted by molar-refractivity contribution is 0.0205. The van der Waals surface area contributed by atoms with Crippen LogP contribution in [-0.4, -0.2) is 39.0 Å². The molecule has 1 N–H and O–H groups in total. The second-order valence-electron chi connectivity index (χ2n) is 7.27. The number of rotatable bonds is 7. The molecule has 0 bridgehead atoms. The van der Waals surface area contributed by atoms with Crippen molar-refractivity contribution in [3.63, 3.8) is 0 Å². The van der Waals surface area contributed by atoms with Crippen LogP contribution in [0.4, 0.5) is 0 Å². The Balaban J connectivity index is 1.53. The molecule has 1 aliphatic carbocycles. The van der Waals surface area contributed by atoms with Crippen LogP contribution in [0, 0.1) is 13.8 Å². The van der Waals surface area contributed by atoms with E-state index in [1.54, 1.807) is 0 Å². The van der Waals surface area contributed by atoms with Crippen LogP contribution in [0.15, 0.2) is 12.3 Å². The van der Waals surface area contributed by atoms with Crippen LogP contribution in [0.25, 0.3) is 5.65 Å². The van der Waals surface area contributed by atoms with Gasteiger partial charge in [0.1, 0.15) is 11.6 Å². The van der Waals surface area contributed by atoms with Crippen LogP contribution in [0.1, 0.15) is 73.9 Å². The van der Waals surface area contributed by atoms with Crippen molar-refractivity contribution >= 4 is 11.6 Å². The topological polar surface area (TPSA) is 68.5 Å². The van der Waals surface area contributed by atoms with Gasteiger partial charge in [-0.25, -0.2) is 9.97 Å². The Hall–Kier alpha value is -1.95. The molecule has 3 rings (SSSR count). The van der Waals surface area contributed by atoms with Crippen molar-refractivity contribution < 1.29 is 9.53 Å². The maximum Gasteiger partial charge on any atom is 0.255 e. The van der Waals surface area contributed by atoms with Gasteiger partial charge in [0, 0.05) is 18.8 Å². The lowest BCUT2D eigenvalue weighted by atomic mass is 9.92. The van der Waals surface area contributed by atoms with Crippen LogP contribution >= 0.6 is 0 Å². The first kappa shape index (κ1) is 18.8. The van der Waals surface area contributed by atoms with Crippen LogP contribution in [0.5, 0.6) is 0 Å². The molecule has 0 spiro atoms. The monoisotopic (exact) mass is 358 g/mol. The number of carbonyl (C=O) groups excluding carboxylic acids is 1. The lowest BCUT2D eigenvalue weighted by Gasteiger charge is -2.29. The molecule has 1 fully saturated rings. The van der Waals surface area contributed by atoms with Gasteiger partial charge in [-0.15, -0.1) is 0 Å². The summed E-state index contributed by atoms with van der Waals surface area (Å²) in [5.41, 5.74) is 1.30. The zero-order valence-corrected chi connectivity index (χ0v) is 16.1. The number of carbonyl (C=O) groups is 1. The number of nitrogens with zero attached hydrogens (tertiary/aromatic N) is 3. The molecular weight excluding hydrogens is 328 g/mol. The van der Waals surface area contributed by atoms with E-state index >= 15 is 0 Å². The number of unbranched alkanes of at least 4 members (excludes halogenated alkanes) is 2. The Morgan fingerprint density at radius 2 is 2.00 bits per heavy atom. The van der Waals surface area contributed by atoms with Gasteiger partial charge in [-0.3, -0.25) is 9.20 Å². The van der Waals surface area contributed by atoms with Crippen molar-refractivity contribution in [1.29, 1.82) is 0 Å². The largest absolute Gasteiger partial charge is 0.378 e. The molecule has 142 valence electrons. The summed E-state index contributed by atoms with van der Waals surface area (Å²) < 4.78 is 7.83. The fraction of sp³-hybridized carbons (Fsp3) is 0.650. The van der Waals surface area contributed by atoms with E-state index in [0.717, 1.165) is 44.5 Å². The van der Waals surface area contributed by atoms with Gasteiger partial charge in [0.15, 0.2) is 5.65 Å². The summed E-state index contributed by atoms with van der Waals surface area (Å²) in [6.07, 6.45) is 9.82. The Kier molecular flexibility index (Phi) is 6.25. The first-order valence-corrected chi connectivity index (χ1v) is 9.83. The highest BCUT2D eigenvalue weighted by molar-refractivity contribution is 6.00. The third kappa shape index (κ3) is 4.41. The van der Waals surface area contributed by atoms with E-state index in [1.807, 2.05) is 30.5 Å². The van der Waals surface area contributed by atoms with E-state index in [1.165, 1.54) is 12.8 Å². The summed E-state index contributed by atoms with van der Waals surface area (Å²) in [5, 5.41) is 3.18. The molecular formula is C20H30N4O2. The first-order valence-electron chi connectivity index (χ1n) is 9.83. The molecule has 1 amide bonds. The molecule has 2 aromatic rings. The molecule has 1 aliphatic rings. The maximum atomic E-state index is 12.7. The summed E-state index contributed by atoms with van der Waals surface area (Å²) in [7, 11) is 0. The zero-order chi connectivity index (χ0) is 18.5. The molecule has 2 aromatic heterocycles. The summed E-state index contributed by atoms with van der Waals surface area (Å²) in [6.45, 7) is 6.84. The van der Waals surface area contributed by atoms with Crippen molar-refractivity contribution in [2.75, 3.05) is 6.61 Å². The minimum atomic E-state index is -0.0442. The molecule has 26 heavy (non-hydrogen) atoms. The highest BCUT2D eigenvalue weighted by atomic mass is 16.5. The van der Waals surface area contributed by atoms with Gasteiger partial charge >= 0.3 is 0 Å². The van der Waals surface area contributed by atoms with Gasteiger partial charge in [0.25, 0.3) is 5.91 Å². The molecule has 6 heteroatoms. The van der Waals surface area contributed by atoms with E-state index in [0.29, 0.717) is 23.1 Å². The fourth-order valence-electron chi connectivity index (χ4n) is 3.68. The maximum absolute atomic E-state index is 12.7. The number of fused-ring (bicyclic) bond motifs is 1. The quantitative estimate of drug-likeness (QED) is 0.768. The number of hydrogen-bond acceptors (Lipinski definition) is 4. The van der Waals surface area contributed by atoms with E-state index < -0.39 is 0 Å². The van der Waals surface area contributed by atoms with E-state index in [9.17, 15) is 4.79 Å². The SMILES string of the molecule is CCCCCO[C@H]1CC[C@H](NC(=O)c2ccn3c(C)nc(C)nc23)CC1. The number of amides is 1. The summed E-state index contributed by atoms with van der Waals surface area (Å²) >= 11 is 0. The van der Waals surface area contributed by atoms with Crippen LogP contribution in [-0.2, 0) is 4.74 Å².